The molecule has 0 radical (unpaired) electrons. The number of para-hydroxylation sites is 1. The molecule has 3 aliphatic rings. The molecule has 13 nitrogen and oxygen atoms in total. The summed E-state index contributed by atoms with van der Waals surface area (Å²) in [6.07, 6.45) is -1.10. The van der Waals surface area contributed by atoms with Crippen molar-refractivity contribution in [2.45, 2.75) is 30.0 Å². The smallest absolute Gasteiger partial charge is 0.325 e. The van der Waals surface area contributed by atoms with Gasteiger partial charge in [-0.2, -0.15) is 5.06 Å². The van der Waals surface area contributed by atoms with E-state index in [4.69, 9.17) is 19.0 Å². The molecule has 0 saturated carbocycles. The third kappa shape index (κ3) is 4.24. The van der Waals surface area contributed by atoms with Gasteiger partial charge in [-0.3, -0.25) is 24.5 Å². The van der Waals surface area contributed by atoms with Crippen LogP contribution < -0.4 is 4.74 Å². The van der Waals surface area contributed by atoms with Gasteiger partial charge in [-0.15, -0.1) is 0 Å². The van der Waals surface area contributed by atoms with Crippen LogP contribution in [-0.4, -0.2) is 55.6 Å². The van der Waals surface area contributed by atoms with Gasteiger partial charge in [0.1, 0.15) is 17.9 Å². The Morgan fingerprint density at radius 3 is 2.20 bits per heavy atom. The first-order valence-electron chi connectivity index (χ1n) is 13.4. The van der Waals surface area contributed by atoms with Crippen molar-refractivity contribution in [1.82, 2.24) is 9.04 Å². The summed E-state index contributed by atoms with van der Waals surface area (Å²) in [5.74, 6) is -1.19. The number of nitro groups is 1. The van der Waals surface area contributed by atoms with E-state index in [9.17, 15) is 28.1 Å². The van der Waals surface area contributed by atoms with Crippen LogP contribution in [0.15, 0.2) is 77.7 Å². The molecule has 1 aromatic heterocycles. The lowest BCUT2D eigenvalue weighted by molar-refractivity contribution is -0.384. The van der Waals surface area contributed by atoms with Gasteiger partial charge in [0.2, 0.25) is 0 Å². The highest BCUT2D eigenvalue weighted by molar-refractivity contribution is 7.90. The maximum Gasteiger partial charge on any atom is 0.325 e. The second-order valence-electron chi connectivity index (χ2n) is 10.4. The monoisotopic (exact) mass is 621 g/mol. The van der Waals surface area contributed by atoms with Crippen LogP contribution in [0.5, 0.6) is 5.75 Å². The van der Waals surface area contributed by atoms with Crippen molar-refractivity contribution in [2.24, 2.45) is 5.41 Å². The molecular weight excluding hydrogens is 594 g/mol. The number of non-ortho nitro benzene ring substituents is 1. The molecule has 4 aromatic rings. The number of esters is 2. The number of nitro benzene ring substituents is 1. The normalized spacial score (nSPS) is 18.9. The first kappa shape index (κ1) is 29.3. The van der Waals surface area contributed by atoms with Crippen molar-refractivity contribution >= 4 is 38.6 Å². The van der Waals surface area contributed by atoms with Crippen molar-refractivity contribution < 1.29 is 42.0 Å². The zero-order valence-corrected chi connectivity index (χ0v) is 24.6. The highest BCUT2D eigenvalue weighted by atomic mass is 32.2. The SMILES string of the molecule is COC(=O)C1(C(=O)OC)CC2ON(Cc3ccc(OC)cc3)C1c1c2c2ccccc2n1S(=O)(=O)c1ccc([N+](=O)[O-])cc1. The van der Waals surface area contributed by atoms with E-state index in [1.54, 1.807) is 48.5 Å². The Morgan fingerprint density at radius 1 is 0.977 bits per heavy atom. The lowest BCUT2D eigenvalue weighted by Gasteiger charge is -2.52. The van der Waals surface area contributed by atoms with E-state index in [2.05, 4.69) is 0 Å². The highest BCUT2D eigenvalue weighted by Crippen LogP contribution is 2.61. The fourth-order valence-corrected chi connectivity index (χ4v) is 7.84. The van der Waals surface area contributed by atoms with E-state index in [0.717, 1.165) is 48.0 Å². The predicted octanol–water partition coefficient (Wildman–Crippen LogP) is 4.06. The number of ether oxygens (including phenoxy) is 3. The van der Waals surface area contributed by atoms with E-state index < -0.39 is 44.4 Å². The zero-order chi connectivity index (χ0) is 31.4. The van der Waals surface area contributed by atoms with Crippen LogP contribution in [0.4, 0.5) is 5.69 Å². The van der Waals surface area contributed by atoms with Gasteiger partial charge < -0.3 is 14.2 Å². The Hall–Kier alpha value is -4.79. The molecule has 2 bridgehead atoms. The van der Waals surface area contributed by atoms with Gasteiger partial charge in [-0.1, -0.05) is 30.3 Å². The average molecular weight is 622 g/mol. The number of carbonyl (C=O) groups is 2. The molecular formula is C30H27N3O10S. The molecule has 2 aliphatic heterocycles. The molecule has 14 heteroatoms. The predicted molar refractivity (Wildman–Crippen MR) is 154 cm³/mol. The second-order valence-corrected chi connectivity index (χ2v) is 12.2. The molecule has 0 spiro atoms. The summed E-state index contributed by atoms with van der Waals surface area (Å²) in [5, 5.41) is 13.2. The third-order valence-corrected chi connectivity index (χ3v) is 9.94. The lowest BCUT2D eigenvalue weighted by atomic mass is 9.66. The van der Waals surface area contributed by atoms with Crippen LogP contribution in [0.25, 0.3) is 10.9 Å². The molecule has 3 aromatic carbocycles. The van der Waals surface area contributed by atoms with Crippen molar-refractivity contribution in [3.63, 3.8) is 0 Å². The number of rotatable bonds is 8. The van der Waals surface area contributed by atoms with Crippen LogP contribution in [0.3, 0.4) is 0 Å². The molecule has 1 aliphatic carbocycles. The second kappa shape index (κ2) is 10.7. The molecule has 0 amide bonds. The molecule has 2 atom stereocenters. The van der Waals surface area contributed by atoms with E-state index in [1.807, 2.05) is 0 Å². The minimum absolute atomic E-state index is 0.0550. The van der Waals surface area contributed by atoms with Crippen molar-refractivity contribution in [2.75, 3.05) is 21.3 Å². The summed E-state index contributed by atoms with van der Waals surface area (Å²) in [6.45, 7) is 0.0550. The summed E-state index contributed by atoms with van der Waals surface area (Å²) in [7, 11) is -0.628. The number of nitrogens with zero attached hydrogens (tertiary/aromatic N) is 3. The van der Waals surface area contributed by atoms with Crippen LogP contribution in [0.1, 0.15) is 35.4 Å². The summed E-state index contributed by atoms with van der Waals surface area (Å²) in [6, 6.07) is 17.0. The number of hydroxylamine groups is 2. The minimum Gasteiger partial charge on any atom is -0.497 e. The van der Waals surface area contributed by atoms with Crippen LogP contribution in [0, 0.1) is 15.5 Å². The summed E-state index contributed by atoms with van der Waals surface area (Å²) >= 11 is 0. The van der Waals surface area contributed by atoms with Crippen molar-refractivity contribution in [3.05, 3.63) is 99.7 Å². The van der Waals surface area contributed by atoms with E-state index >= 15 is 0 Å². The standard InChI is InChI=1S/C30H27N3O10S/c1-40-20-12-8-18(9-13-20)17-31-27-26-25(24(43-31)16-30(27,28(34)41-2)29(35)42-3)22-6-4-5-7-23(22)32(26)44(38,39)21-14-10-19(11-15-21)33(36)37/h4-15,24,27H,16-17H2,1-3H3. The number of hydrogen-bond donors (Lipinski definition) is 0. The largest absolute Gasteiger partial charge is 0.497 e. The molecule has 0 N–H and O–H groups in total. The van der Waals surface area contributed by atoms with E-state index in [1.165, 1.54) is 12.2 Å². The number of fused-ring (bicyclic) bond motifs is 3. The van der Waals surface area contributed by atoms with Gasteiger partial charge in [0.05, 0.1) is 42.4 Å². The van der Waals surface area contributed by atoms with Gasteiger partial charge in [0.15, 0.2) is 5.41 Å². The number of hydrogen-bond acceptors (Lipinski definition) is 11. The number of benzene rings is 3. The number of methoxy groups -OCH3 is 3. The molecule has 3 heterocycles. The molecule has 1 fully saturated rings. The van der Waals surface area contributed by atoms with Crippen molar-refractivity contribution in [1.29, 1.82) is 0 Å². The summed E-state index contributed by atoms with van der Waals surface area (Å²) in [5.41, 5.74) is -0.627. The van der Waals surface area contributed by atoms with Gasteiger partial charge >= 0.3 is 11.9 Å². The maximum absolute atomic E-state index is 14.5. The Bertz CT molecular complexity index is 1890. The fourth-order valence-electron chi connectivity index (χ4n) is 6.27. The third-order valence-electron chi connectivity index (χ3n) is 8.20. The van der Waals surface area contributed by atoms with E-state index in [-0.39, 0.29) is 34.8 Å². The number of carbonyl (C=O) groups excluding carboxylic acids is 2. The van der Waals surface area contributed by atoms with Gasteiger partial charge in [-0.25, -0.2) is 12.4 Å². The summed E-state index contributed by atoms with van der Waals surface area (Å²) in [4.78, 5) is 44.2. The maximum atomic E-state index is 14.5. The van der Waals surface area contributed by atoms with Gasteiger partial charge in [0, 0.05) is 36.0 Å². The van der Waals surface area contributed by atoms with E-state index in [0.29, 0.717) is 16.7 Å². The highest BCUT2D eigenvalue weighted by Gasteiger charge is 2.67. The topological polar surface area (TPSA) is 157 Å². The molecule has 228 valence electrons. The molecule has 2 unspecified atom stereocenters. The Labute approximate surface area is 251 Å². The van der Waals surface area contributed by atoms with Crippen LogP contribution >= 0.6 is 0 Å². The fraction of sp³-hybridized carbons (Fsp3) is 0.267. The first-order chi connectivity index (χ1) is 21.1. The molecule has 44 heavy (non-hydrogen) atoms. The average Bonchev–Trinajstić information content (AvgIpc) is 3.41. The van der Waals surface area contributed by atoms with Gasteiger partial charge in [-0.05, 0) is 35.9 Å². The van der Waals surface area contributed by atoms with Crippen molar-refractivity contribution in [3.8, 4) is 5.75 Å². The number of aromatic nitrogens is 1. The quantitative estimate of drug-likeness (QED) is 0.121. The van der Waals surface area contributed by atoms with Crippen LogP contribution in [-0.2, 0) is 40.5 Å². The zero-order valence-electron chi connectivity index (χ0n) is 23.8. The van der Waals surface area contributed by atoms with Gasteiger partial charge in [0.25, 0.3) is 15.7 Å². The Morgan fingerprint density at radius 2 is 1.61 bits per heavy atom. The Kier molecular flexibility index (Phi) is 7.14. The lowest BCUT2D eigenvalue weighted by Crippen LogP contribution is -2.59. The summed E-state index contributed by atoms with van der Waals surface area (Å²) < 4.78 is 45.6. The van der Waals surface area contributed by atoms with Crippen LogP contribution in [0.2, 0.25) is 0 Å². The Balaban J connectivity index is 1.63. The molecule has 7 rings (SSSR count). The molecule has 1 saturated heterocycles. The minimum atomic E-state index is -4.46. The first-order valence-corrected chi connectivity index (χ1v) is 14.9.